The molecule has 7 heteroatoms. The minimum atomic E-state index is -4.00. The number of nitrogen functional groups attached to an aromatic ring is 1. The fraction of sp³-hybridized carbons (Fsp3) is 0.500. The van der Waals surface area contributed by atoms with E-state index in [-0.39, 0.29) is 11.7 Å². The lowest BCUT2D eigenvalue weighted by Gasteiger charge is -2.22. The van der Waals surface area contributed by atoms with Crippen molar-refractivity contribution < 1.29 is 17.6 Å². The van der Waals surface area contributed by atoms with E-state index in [0.29, 0.717) is 0 Å². The molecule has 0 spiro atoms. The number of nitrogens with one attached hydrogen (secondary N) is 1. The standard InChI is InChI=1S/C14H19FN2O3S/c15-12-8-10(16)6-7-13(12)21(19,20)9-14(18)17-11-4-2-1-3-5-11/h6-8,11H,1-5,9,16H2,(H,17,18). The average Bonchev–Trinajstić information content (AvgIpc) is 2.38. The first-order chi connectivity index (χ1) is 9.88. The zero-order chi connectivity index (χ0) is 15.5. The van der Waals surface area contributed by atoms with Crippen LogP contribution in [0.3, 0.4) is 0 Å². The smallest absolute Gasteiger partial charge is 0.235 e. The van der Waals surface area contributed by atoms with Crippen LogP contribution in [0.2, 0.25) is 0 Å². The molecule has 0 unspecified atom stereocenters. The molecule has 1 aliphatic rings. The van der Waals surface area contributed by atoms with Crippen LogP contribution in [0.15, 0.2) is 23.1 Å². The molecule has 0 radical (unpaired) electrons. The van der Waals surface area contributed by atoms with Crippen LogP contribution in [0.1, 0.15) is 32.1 Å². The van der Waals surface area contributed by atoms with Gasteiger partial charge in [0.2, 0.25) is 5.91 Å². The molecule has 0 atom stereocenters. The Kier molecular flexibility index (Phi) is 4.82. The number of hydrogen-bond donors (Lipinski definition) is 2. The molecule has 1 aromatic rings. The average molecular weight is 314 g/mol. The molecule has 1 fully saturated rings. The highest BCUT2D eigenvalue weighted by Gasteiger charge is 2.25. The van der Waals surface area contributed by atoms with Crippen LogP contribution >= 0.6 is 0 Å². The highest BCUT2D eigenvalue weighted by Crippen LogP contribution is 2.20. The molecular weight excluding hydrogens is 295 g/mol. The Morgan fingerprint density at radius 3 is 2.57 bits per heavy atom. The van der Waals surface area contributed by atoms with Gasteiger partial charge in [0.1, 0.15) is 16.5 Å². The largest absolute Gasteiger partial charge is 0.399 e. The van der Waals surface area contributed by atoms with Crippen LogP contribution < -0.4 is 11.1 Å². The summed E-state index contributed by atoms with van der Waals surface area (Å²) < 4.78 is 37.8. The Morgan fingerprint density at radius 1 is 1.29 bits per heavy atom. The van der Waals surface area contributed by atoms with Crippen LogP contribution in [0, 0.1) is 5.82 Å². The lowest BCUT2D eigenvalue weighted by atomic mass is 9.95. The van der Waals surface area contributed by atoms with E-state index in [1.807, 2.05) is 0 Å². The van der Waals surface area contributed by atoms with Crippen LogP contribution in [0.4, 0.5) is 10.1 Å². The molecule has 1 saturated carbocycles. The van der Waals surface area contributed by atoms with Crippen LogP contribution in [0.5, 0.6) is 0 Å². The first-order valence-electron chi connectivity index (χ1n) is 6.95. The van der Waals surface area contributed by atoms with Crippen molar-refractivity contribution in [1.29, 1.82) is 0 Å². The Morgan fingerprint density at radius 2 is 1.95 bits per heavy atom. The van der Waals surface area contributed by atoms with Gasteiger partial charge in [-0.2, -0.15) is 0 Å². The fourth-order valence-electron chi connectivity index (χ4n) is 2.54. The number of amides is 1. The number of rotatable bonds is 4. The lowest BCUT2D eigenvalue weighted by Crippen LogP contribution is -2.39. The van der Waals surface area contributed by atoms with Gasteiger partial charge in [0.25, 0.3) is 0 Å². The number of anilines is 1. The first kappa shape index (κ1) is 15.8. The molecule has 5 nitrogen and oxygen atoms in total. The molecule has 0 heterocycles. The van der Waals surface area contributed by atoms with Gasteiger partial charge in [-0.15, -0.1) is 0 Å². The normalized spacial score (nSPS) is 16.6. The quantitative estimate of drug-likeness (QED) is 0.827. The number of carbonyl (C=O) groups excluding carboxylic acids is 1. The van der Waals surface area contributed by atoms with E-state index < -0.39 is 32.2 Å². The second-order valence-corrected chi connectivity index (χ2v) is 7.31. The van der Waals surface area contributed by atoms with Gasteiger partial charge in [-0.3, -0.25) is 4.79 Å². The Balaban J connectivity index is 2.04. The van der Waals surface area contributed by atoms with E-state index in [0.717, 1.165) is 44.2 Å². The number of benzene rings is 1. The van der Waals surface area contributed by atoms with E-state index in [1.165, 1.54) is 6.07 Å². The number of sulfone groups is 1. The zero-order valence-electron chi connectivity index (χ0n) is 11.6. The molecule has 0 saturated heterocycles. The van der Waals surface area contributed by atoms with E-state index in [1.54, 1.807) is 0 Å². The van der Waals surface area contributed by atoms with Gasteiger partial charge < -0.3 is 11.1 Å². The van der Waals surface area contributed by atoms with Gasteiger partial charge in [0.05, 0.1) is 0 Å². The van der Waals surface area contributed by atoms with Crippen molar-refractivity contribution in [2.24, 2.45) is 0 Å². The fourth-order valence-corrected chi connectivity index (χ4v) is 3.75. The summed E-state index contributed by atoms with van der Waals surface area (Å²) in [6.45, 7) is 0. The van der Waals surface area contributed by atoms with E-state index in [4.69, 9.17) is 5.73 Å². The van der Waals surface area contributed by atoms with Crippen LogP contribution in [-0.4, -0.2) is 26.1 Å². The SMILES string of the molecule is Nc1ccc(S(=O)(=O)CC(=O)NC2CCCCC2)c(F)c1. The molecule has 1 aliphatic carbocycles. The van der Waals surface area contributed by atoms with Crippen molar-refractivity contribution >= 4 is 21.4 Å². The summed E-state index contributed by atoms with van der Waals surface area (Å²) in [6, 6.07) is 3.35. The topological polar surface area (TPSA) is 89.3 Å². The van der Waals surface area contributed by atoms with Crippen molar-refractivity contribution in [2.45, 2.75) is 43.0 Å². The summed E-state index contributed by atoms with van der Waals surface area (Å²) in [5, 5.41) is 2.71. The summed E-state index contributed by atoms with van der Waals surface area (Å²) in [5.74, 6) is -2.26. The van der Waals surface area contributed by atoms with Gasteiger partial charge >= 0.3 is 0 Å². The molecule has 0 aromatic heterocycles. The first-order valence-corrected chi connectivity index (χ1v) is 8.61. The second kappa shape index (κ2) is 6.43. The van der Waals surface area contributed by atoms with E-state index in [2.05, 4.69) is 5.32 Å². The lowest BCUT2D eigenvalue weighted by molar-refractivity contribution is -0.119. The second-order valence-electron chi connectivity index (χ2n) is 5.35. The molecular formula is C14H19FN2O3S. The highest BCUT2D eigenvalue weighted by atomic mass is 32.2. The molecule has 0 bridgehead atoms. The Labute approximate surface area is 123 Å². The maximum Gasteiger partial charge on any atom is 0.235 e. The van der Waals surface area contributed by atoms with Crippen molar-refractivity contribution in [3.63, 3.8) is 0 Å². The molecule has 3 N–H and O–H groups in total. The van der Waals surface area contributed by atoms with Crippen LogP contribution in [0.25, 0.3) is 0 Å². The summed E-state index contributed by atoms with van der Waals surface area (Å²) in [5.41, 5.74) is 5.52. The Bertz CT molecular complexity index is 625. The number of hydrogen-bond acceptors (Lipinski definition) is 4. The zero-order valence-corrected chi connectivity index (χ0v) is 12.5. The number of carbonyl (C=O) groups is 1. The minimum Gasteiger partial charge on any atom is -0.399 e. The van der Waals surface area contributed by atoms with Gasteiger partial charge in [0, 0.05) is 11.7 Å². The van der Waals surface area contributed by atoms with E-state index >= 15 is 0 Å². The molecule has 21 heavy (non-hydrogen) atoms. The number of halogens is 1. The van der Waals surface area contributed by atoms with Gasteiger partial charge in [-0.25, -0.2) is 12.8 Å². The van der Waals surface area contributed by atoms with Crippen molar-refractivity contribution in [3.8, 4) is 0 Å². The van der Waals surface area contributed by atoms with Gasteiger partial charge in [-0.1, -0.05) is 19.3 Å². The summed E-state index contributed by atoms with van der Waals surface area (Å²) >= 11 is 0. The van der Waals surface area contributed by atoms with Gasteiger partial charge in [0.15, 0.2) is 9.84 Å². The summed E-state index contributed by atoms with van der Waals surface area (Å²) in [4.78, 5) is 11.4. The van der Waals surface area contributed by atoms with Crippen molar-refractivity contribution in [1.82, 2.24) is 5.32 Å². The maximum absolute atomic E-state index is 13.7. The van der Waals surface area contributed by atoms with Crippen molar-refractivity contribution in [3.05, 3.63) is 24.0 Å². The van der Waals surface area contributed by atoms with Gasteiger partial charge in [-0.05, 0) is 31.0 Å². The monoisotopic (exact) mass is 314 g/mol. The molecule has 2 rings (SSSR count). The summed E-state index contributed by atoms with van der Waals surface area (Å²) in [6.07, 6.45) is 4.93. The third-order valence-corrected chi connectivity index (χ3v) is 5.23. The predicted molar refractivity (Wildman–Crippen MR) is 77.9 cm³/mol. The molecule has 1 amide bonds. The third-order valence-electron chi connectivity index (χ3n) is 3.58. The van der Waals surface area contributed by atoms with E-state index in [9.17, 15) is 17.6 Å². The molecule has 0 aliphatic heterocycles. The molecule has 1 aromatic carbocycles. The third kappa shape index (κ3) is 4.17. The number of nitrogens with two attached hydrogens (primary N) is 1. The Hall–Kier alpha value is -1.63. The predicted octanol–water partition coefficient (Wildman–Crippen LogP) is 1.63. The van der Waals surface area contributed by atoms with Crippen LogP contribution in [-0.2, 0) is 14.6 Å². The maximum atomic E-state index is 13.7. The summed E-state index contributed by atoms with van der Waals surface area (Å²) in [7, 11) is -4.00. The van der Waals surface area contributed by atoms with Crippen molar-refractivity contribution in [2.75, 3.05) is 11.5 Å². The molecule has 116 valence electrons. The highest BCUT2D eigenvalue weighted by molar-refractivity contribution is 7.92. The minimum absolute atomic E-state index is 0.0257.